The minimum absolute atomic E-state index is 0.437. The molecule has 2 aromatic carbocycles. The summed E-state index contributed by atoms with van der Waals surface area (Å²) in [5.74, 6) is -2.34. The number of carboxylic acids is 2. The molecule has 0 spiro atoms. The lowest BCUT2D eigenvalue weighted by molar-refractivity contribution is -0.157. The average molecular weight is 487 g/mol. The smallest absolute Gasteiger partial charge is 0.309 e. The fourth-order valence-corrected chi connectivity index (χ4v) is 4.65. The second-order valence-corrected chi connectivity index (χ2v) is 10.1. The molecule has 6 nitrogen and oxygen atoms in total. The van der Waals surface area contributed by atoms with Crippen LogP contribution in [0.4, 0.5) is 0 Å². The van der Waals surface area contributed by atoms with Gasteiger partial charge in [-0.15, -0.1) is 0 Å². The summed E-state index contributed by atoms with van der Waals surface area (Å²) in [6.07, 6.45) is 0.886. The zero-order chi connectivity index (χ0) is 26.5. The average Bonchev–Trinajstić information content (AvgIpc) is 3.09. The van der Waals surface area contributed by atoms with Crippen molar-refractivity contribution in [1.82, 2.24) is 9.97 Å². The molecule has 4 aromatic rings. The second kappa shape index (κ2) is 10.9. The van der Waals surface area contributed by atoms with Crippen LogP contribution in [0.5, 0.6) is 0 Å². The predicted molar refractivity (Wildman–Crippen MR) is 143 cm³/mol. The van der Waals surface area contributed by atoms with Crippen molar-refractivity contribution in [3.63, 3.8) is 0 Å². The first-order valence-corrected chi connectivity index (χ1v) is 12.1. The lowest BCUT2D eigenvalue weighted by atomic mass is 9.66. The van der Waals surface area contributed by atoms with Gasteiger partial charge in [-0.3, -0.25) is 19.6 Å². The van der Waals surface area contributed by atoms with E-state index in [0.717, 1.165) is 22.4 Å². The van der Waals surface area contributed by atoms with E-state index in [-0.39, 0.29) is 0 Å². The van der Waals surface area contributed by atoms with Crippen molar-refractivity contribution in [2.24, 2.45) is 16.7 Å². The van der Waals surface area contributed by atoms with Crippen LogP contribution in [0, 0.1) is 30.6 Å². The molecule has 0 amide bonds. The Morgan fingerprint density at radius 2 is 1.19 bits per heavy atom. The molecule has 0 unspecified atom stereocenters. The number of carbonyl (C=O) groups is 2. The summed E-state index contributed by atoms with van der Waals surface area (Å²) in [5.41, 5.74) is 2.69. The Morgan fingerprint density at radius 1 is 0.750 bits per heavy atom. The van der Waals surface area contributed by atoms with E-state index in [9.17, 15) is 9.59 Å². The van der Waals surface area contributed by atoms with Gasteiger partial charge in [0.2, 0.25) is 0 Å². The molecule has 2 aromatic heterocycles. The van der Waals surface area contributed by atoms with Gasteiger partial charge in [0.05, 0.1) is 22.4 Å². The fourth-order valence-electron chi connectivity index (χ4n) is 4.65. The van der Waals surface area contributed by atoms with Crippen molar-refractivity contribution in [2.75, 3.05) is 0 Å². The predicted octanol–water partition coefficient (Wildman–Crippen LogP) is 6.68. The van der Waals surface area contributed by atoms with Gasteiger partial charge >= 0.3 is 11.9 Å². The SMILES string of the molecule is CC1(C)[C@H](C(=O)O)CC[C@]1(C)C(=O)O.Cc1ccc2ccccc2n1.Cc1ccc2ccccc2n1. The van der Waals surface area contributed by atoms with Gasteiger partial charge in [0, 0.05) is 22.2 Å². The van der Waals surface area contributed by atoms with E-state index in [4.69, 9.17) is 10.2 Å². The van der Waals surface area contributed by atoms with E-state index in [1.807, 2.05) is 62.4 Å². The van der Waals surface area contributed by atoms with Gasteiger partial charge in [-0.2, -0.15) is 0 Å². The maximum Gasteiger partial charge on any atom is 0.309 e. The van der Waals surface area contributed by atoms with Crippen molar-refractivity contribution >= 4 is 33.7 Å². The Morgan fingerprint density at radius 3 is 1.56 bits per heavy atom. The van der Waals surface area contributed by atoms with Crippen LogP contribution >= 0.6 is 0 Å². The molecule has 2 atom stereocenters. The Labute approximate surface area is 212 Å². The number of carboxylic acid groups (broad SMARTS) is 2. The van der Waals surface area contributed by atoms with Gasteiger partial charge in [-0.05, 0) is 63.3 Å². The molecular formula is C30H34N2O4. The number of hydrogen-bond donors (Lipinski definition) is 2. The van der Waals surface area contributed by atoms with E-state index in [0.29, 0.717) is 12.8 Å². The number of para-hydroxylation sites is 2. The third-order valence-electron chi connectivity index (χ3n) is 7.47. The van der Waals surface area contributed by atoms with Crippen molar-refractivity contribution < 1.29 is 19.8 Å². The molecule has 188 valence electrons. The quantitative estimate of drug-likeness (QED) is 0.328. The number of pyridine rings is 2. The highest BCUT2D eigenvalue weighted by molar-refractivity contribution is 5.80. The molecule has 0 saturated heterocycles. The number of aryl methyl sites for hydroxylation is 2. The van der Waals surface area contributed by atoms with Gasteiger partial charge in [0.25, 0.3) is 0 Å². The van der Waals surface area contributed by atoms with E-state index in [1.54, 1.807) is 20.8 Å². The third-order valence-corrected chi connectivity index (χ3v) is 7.47. The van der Waals surface area contributed by atoms with Gasteiger partial charge in [-0.1, -0.05) is 62.4 Å². The maximum atomic E-state index is 11.1. The normalized spacial score (nSPS) is 20.1. The molecule has 1 aliphatic carbocycles. The van der Waals surface area contributed by atoms with Gasteiger partial charge in [0.15, 0.2) is 0 Å². The number of rotatable bonds is 2. The topological polar surface area (TPSA) is 100 Å². The second-order valence-electron chi connectivity index (χ2n) is 10.1. The van der Waals surface area contributed by atoms with Crippen LogP contribution in [0.25, 0.3) is 21.8 Å². The molecule has 36 heavy (non-hydrogen) atoms. The lowest BCUT2D eigenvalue weighted by Crippen LogP contribution is -2.42. The Bertz CT molecular complexity index is 1300. The van der Waals surface area contributed by atoms with Crippen LogP contribution in [0.15, 0.2) is 72.8 Å². The van der Waals surface area contributed by atoms with Crippen LogP contribution in [-0.2, 0) is 9.59 Å². The van der Waals surface area contributed by atoms with Crippen LogP contribution in [0.1, 0.15) is 45.0 Å². The lowest BCUT2D eigenvalue weighted by Gasteiger charge is -2.36. The molecule has 0 radical (unpaired) electrons. The zero-order valence-electron chi connectivity index (χ0n) is 21.5. The number of hydrogen-bond acceptors (Lipinski definition) is 4. The first-order chi connectivity index (χ1) is 17.0. The molecule has 1 saturated carbocycles. The number of nitrogens with zero attached hydrogens (tertiary/aromatic N) is 2. The summed E-state index contributed by atoms with van der Waals surface area (Å²) in [4.78, 5) is 30.8. The molecule has 1 fully saturated rings. The fraction of sp³-hybridized carbons (Fsp3) is 0.333. The third kappa shape index (κ3) is 5.70. The Hall–Kier alpha value is -3.80. The minimum Gasteiger partial charge on any atom is -0.481 e. The highest BCUT2D eigenvalue weighted by atomic mass is 16.4. The molecule has 0 bridgehead atoms. The monoisotopic (exact) mass is 486 g/mol. The molecule has 1 aliphatic rings. The van der Waals surface area contributed by atoms with Crippen molar-refractivity contribution in [2.45, 2.75) is 47.5 Å². The van der Waals surface area contributed by atoms with E-state index >= 15 is 0 Å². The van der Waals surface area contributed by atoms with Crippen molar-refractivity contribution in [3.05, 3.63) is 84.2 Å². The standard InChI is InChI=1S/2C10H9N.C10H16O4/c2*1-8-6-7-9-4-2-3-5-10(9)11-8;1-9(2)6(7(11)12)4-5-10(9,3)8(13)14/h2*2-7H,1H3;6H,4-5H2,1-3H3,(H,11,12)(H,13,14)/t;;6-,10+/m..0/s1. The summed E-state index contributed by atoms with van der Waals surface area (Å²) in [6, 6.07) is 24.5. The van der Waals surface area contributed by atoms with Crippen molar-refractivity contribution in [1.29, 1.82) is 0 Å². The minimum atomic E-state index is -0.921. The largest absolute Gasteiger partial charge is 0.481 e. The molecule has 2 heterocycles. The summed E-state index contributed by atoms with van der Waals surface area (Å²) in [5, 5.41) is 20.5. The molecule has 5 rings (SSSR count). The molecule has 6 heteroatoms. The van der Waals surface area contributed by atoms with Crippen molar-refractivity contribution in [3.8, 4) is 0 Å². The summed E-state index contributed by atoms with van der Waals surface area (Å²) in [7, 11) is 0. The number of aromatic nitrogens is 2. The molecular weight excluding hydrogens is 452 g/mol. The Balaban J connectivity index is 0.000000152. The summed E-state index contributed by atoms with van der Waals surface area (Å²) < 4.78 is 0. The number of fused-ring (bicyclic) bond motifs is 2. The maximum absolute atomic E-state index is 11.1. The first-order valence-electron chi connectivity index (χ1n) is 12.1. The number of benzene rings is 2. The molecule has 2 N–H and O–H groups in total. The van der Waals surface area contributed by atoms with Gasteiger partial charge in [0.1, 0.15) is 0 Å². The summed E-state index contributed by atoms with van der Waals surface area (Å²) >= 11 is 0. The van der Waals surface area contributed by atoms with Crippen LogP contribution in [0.3, 0.4) is 0 Å². The van der Waals surface area contributed by atoms with E-state index in [1.165, 1.54) is 10.8 Å². The number of aliphatic carboxylic acids is 2. The highest BCUT2D eigenvalue weighted by Crippen LogP contribution is 2.56. The van der Waals surface area contributed by atoms with Gasteiger partial charge in [-0.25, -0.2) is 0 Å². The van der Waals surface area contributed by atoms with Crippen LogP contribution in [-0.4, -0.2) is 32.1 Å². The van der Waals surface area contributed by atoms with E-state index in [2.05, 4.69) is 34.2 Å². The van der Waals surface area contributed by atoms with E-state index < -0.39 is 28.7 Å². The molecule has 0 aliphatic heterocycles. The summed E-state index contributed by atoms with van der Waals surface area (Å²) in [6.45, 7) is 9.11. The van der Waals surface area contributed by atoms with Crippen LogP contribution in [0.2, 0.25) is 0 Å². The van der Waals surface area contributed by atoms with Gasteiger partial charge < -0.3 is 10.2 Å². The highest BCUT2D eigenvalue weighted by Gasteiger charge is 2.58. The first kappa shape index (κ1) is 26.8. The zero-order valence-corrected chi connectivity index (χ0v) is 21.5. The van der Waals surface area contributed by atoms with Crippen LogP contribution < -0.4 is 0 Å². The Kier molecular flexibility index (Phi) is 8.08.